The van der Waals surface area contributed by atoms with Gasteiger partial charge in [0.25, 0.3) is 0 Å². The Kier molecular flexibility index (Phi) is 6.59. The van der Waals surface area contributed by atoms with Crippen LogP contribution in [0.4, 0.5) is 0 Å². The van der Waals surface area contributed by atoms with Gasteiger partial charge in [-0.2, -0.15) is 5.10 Å². The fourth-order valence-corrected chi connectivity index (χ4v) is 5.00. The number of benzene rings is 2. The first-order valence-electron chi connectivity index (χ1n) is 11.6. The van der Waals surface area contributed by atoms with Crippen molar-refractivity contribution in [1.82, 2.24) is 15.2 Å². The number of aryl methyl sites for hydroxylation is 1. The Morgan fingerprint density at radius 3 is 2.66 bits per heavy atom. The van der Waals surface area contributed by atoms with E-state index in [2.05, 4.69) is 58.9 Å². The van der Waals surface area contributed by atoms with Crippen LogP contribution in [0.1, 0.15) is 53.3 Å². The zero-order chi connectivity index (χ0) is 24.2. The van der Waals surface area contributed by atoms with Crippen molar-refractivity contribution in [3.8, 4) is 11.1 Å². The molecule has 176 valence electrons. The number of rotatable bonds is 8. The lowest BCUT2D eigenvalue weighted by molar-refractivity contribution is -0.132. The number of H-pyrrole nitrogens is 1. The number of aliphatic hydroxyl groups is 1. The lowest BCUT2D eigenvalue weighted by atomic mass is 9.93. The van der Waals surface area contributed by atoms with Crippen LogP contribution in [0, 0.1) is 0 Å². The monoisotopic (exact) mass is 483 g/mol. The first-order chi connectivity index (χ1) is 17.1. The Labute approximate surface area is 207 Å². The van der Waals surface area contributed by atoms with Crippen molar-refractivity contribution in [1.29, 1.82) is 0 Å². The van der Waals surface area contributed by atoms with Gasteiger partial charge in [-0.3, -0.25) is 5.10 Å². The number of hydrogen-bond donors (Lipinski definition) is 2. The number of aliphatic hydroxyl groups excluding tert-OH is 1. The summed E-state index contributed by atoms with van der Waals surface area (Å²) in [6, 6.07) is 20.3. The molecule has 1 atom stereocenters. The van der Waals surface area contributed by atoms with Crippen molar-refractivity contribution in [2.45, 2.75) is 32.1 Å². The molecule has 35 heavy (non-hydrogen) atoms. The Balaban J connectivity index is 1.47. The van der Waals surface area contributed by atoms with E-state index in [0.717, 1.165) is 59.2 Å². The van der Waals surface area contributed by atoms with E-state index >= 15 is 0 Å². The van der Waals surface area contributed by atoms with Crippen LogP contribution in [0.15, 0.2) is 83.6 Å². The fraction of sp³-hybridized carbons (Fsp3) is 0.179. The zero-order valence-corrected chi connectivity index (χ0v) is 20.1. The smallest absolute Gasteiger partial charge is 0.340 e. The van der Waals surface area contributed by atoms with Crippen LogP contribution in [-0.4, -0.2) is 26.3 Å². The molecule has 1 aliphatic rings. The van der Waals surface area contributed by atoms with Crippen LogP contribution >= 0.6 is 11.3 Å². The van der Waals surface area contributed by atoms with Crippen LogP contribution in [0.5, 0.6) is 0 Å². The molecular formula is C28H25N3O3S. The van der Waals surface area contributed by atoms with Crippen LogP contribution in [0.2, 0.25) is 0 Å². The minimum absolute atomic E-state index is 0.0481. The second-order valence-electron chi connectivity index (χ2n) is 8.36. The number of aromatic nitrogens is 3. The third-order valence-corrected chi connectivity index (χ3v) is 6.86. The van der Waals surface area contributed by atoms with E-state index in [0.29, 0.717) is 0 Å². The van der Waals surface area contributed by atoms with Gasteiger partial charge >= 0.3 is 5.97 Å². The highest BCUT2D eigenvalue weighted by molar-refractivity contribution is 7.10. The molecule has 0 amide bonds. The molecule has 0 bridgehead atoms. The predicted molar refractivity (Wildman–Crippen MR) is 137 cm³/mol. The standard InChI is InChI=1S/C28H25N3O3S/c1-2-3-10-25-29-28(31-30-25)27(24-9-6-15-35-24)19-13-11-18(12-14-19)21-8-5-4-7-20(21)16-23-22(32)17-26(33)34-23/h4-9,11-17,27,32H,2-3,10H2,1H3,(H,29,30,31)/b23-16-. The van der Waals surface area contributed by atoms with Gasteiger partial charge in [-0.15, -0.1) is 11.3 Å². The Morgan fingerprint density at radius 1 is 1.11 bits per heavy atom. The topological polar surface area (TPSA) is 88.1 Å². The number of cyclic esters (lactones) is 1. The van der Waals surface area contributed by atoms with Gasteiger partial charge in [-0.25, -0.2) is 9.78 Å². The van der Waals surface area contributed by atoms with E-state index in [4.69, 9.17) is 9.72 Å². The third-order valence-electron chi connectivity index (χ3n) is 5.92. The normalized spacial score (nSPS) is 15.3. The quantitative estimate of drug-likeness (QED) is 0.283. The molecule has 0 spiro atoms. The first kappa shape index (κ1) is 22.8. The summed E-state index contributed by atoms with van der Waals surface area (Å²) in [5.41, 5.74) is 3.93. The maximum Gasteiger partial charge on any atom is 0.340 e. The minimum Gasteiger partial charge on any atom is -0.504 e. The van der Waals surface area contributed by atoms with Crippen LogP contribution < -0.4 is 0 Å². The lowest BCUT2D eigenvalue weighted by Gasteiger charge is -2.14. The Morgan fingerprint density at radius 2 is 1.94 bits per heavy atom. The molecule has 0 radical (unpaired) electrons. The first-order valence-corrected chi connectivity index (χ1v) is 12.5. The van der Waals surface area contributed by atoms with E-state index < -0.39 is 5.97 Å². The summed E-state index contributed by atoms with van der Waals surface area (Å²) in [6.45, 7) is 2.17. The average molecular weight is 484 g/mol. The maximum absolute atomic E-state index is 11.5. The predicted octanol–water partition coefficient (Wildman–Crippen LogP) is 6.40. The molecule has 6 nitrogen and oxygen atoms in total. The summed E-state index contributed by atoms with van der Waals surface area (Å²) >= 11 is 1.70. The number of unbranched alkanes of at least 4 members (excludes halogenated alkanes) is 1. The van der Waals surface area contributed by atoms with E-state index in [9.17, 15) is 9.90 Å². The van der Waals surface area contributed by atoms with Gasteiger partial charge in [0.1, 0.15) is 5.82 Å². The third kappa shape index (κ3) is 4.95. The number of aromatic amines is 1. The summed E-state index contributed by atoms with van der Waals surface area (Å²) in [6.07, 6.45) is 5.84. The molecule has 1 unspecified atom stereocenters. The van der Waals surface area contributed by atoms with E-state index in [1.807, 2.05) is 24.3 Å². The summed E-state index contributed by atoms with van der Waals surface area (Å²) in [4.78, 5) is 17.5. The molecule has 7 heteroatoms. The van der Waals surface area contributed by atoms with Gasteiger partial charge < -0.3 is 9.84 Å². The van der Waals surface area contributed by atoms with E-state index in [1.54, 1.807) is 17.4 Å². The molecule has 0 aliphatic carbocycles. The minimum atomic E-state index is -0.569. The molecule has 0 saturated carbocycles. The molecule has 2 aromatic carbocycles. The summed E-state index contributed by atoms with van der Waals surface area (Å²) in [5.74, 6) is 1.07. The number of ether oxygens (including phenoxy) is 1. The molecule has 5 rings (SSSR count). The highest BCUT2D eigenvalue weighted by Gasteiger charge is 2.23. The molecule has 3 heterocycles. The lowest BCUT2D eigenvalue weighted by Crippen LogP contribution is -2.04. The van der Waals surface area contributed by atoms with Crippen LogP contribution in [-0.2, 0) is 16.0 Å². The number of carbonyl (C=O) groups is 1. The van der Waals surface area contributed by atoms with Crippen molar-refractivity contribution in [2.24, 2.45) is 0 Å². The Hall–Kier alpha value is -3.97. The van der Waals surface area contributed by atoms with Crippen molar-refractivity contribution >= 4 is 23.4 Å². The summed E-state index contributed by atoms with van der Waals surface area (Å²) in [7, 11) is 0. The number of thiophene rings is 1. The largest absolute Gasteiger partial charge is 0.504 e. The van der Waals surface area contributed by atoms with Crippen molar-refractivity contribution in [2.75, 3.05) is 0 Å². The number of carbonyl (C=O) groups excluding carboxylic acids is 1. The highest BCUT2D eigenvalue weighted by Crippen LogP contribution is 2.35. The SMILES string of the molecule is CCCCc1nc(C(c2ccc(-c3ccccc3/C=C3\OC(=O)C=C3O)cc2)c2cccs2)n[nH]1. The van der Waals surface area contributed by atoms with Crippen molar-refractivity contribution in [3.05, 3.63) is 111 Å². The van der Waals surface area contributed by atoms with Crippen LogP contribution in [0.3, 0.4) is 0 Å². The molecule has 2 N–H and O–H groups in total. The molecule has 0 fully saturated rings. The van der Waals surface area contributed by atoms with Gasteiger partial charge in [0.2, 0.25) is 0 Å². The molecular weight excluding hydrogens is 458 g/mol. The summed E-state index contributed by atoms with van der Waals surface area (Å²) < 4.78 is 5.10. The molecule has 4 aromatic rings. The molecule has 0 saturated heterocycles. The number of nitrogens with zero attached hydrogens (tertiary/aromatic N) is 2. The maximum atomic E-state index is 11.5. The van der Waals surface area contributed by atoms with Crippen molar-refractivity contribution < 1.29 is 14.6 Å². The summed E-state index contributed by atoms with van der Waals surface area (Å²) in [5, 5.41) is 19.7. The van der Waals surface area contributed by atoms with E-state index in [-0.39, 0.29) is 17.4 Å². The van der Waals surface area contributed by atoms with Gasteiger partial charge in [-0.1, -0.05) is 67.9 Å². The zero-order valence-electron chi connectivity index (χ0n) is 19.3. The second-order valence-corrected chi connectivity index (χ2v) is 9.34. The van der Waals surface area contributed by atoms with Crippen molar-refractivity contribution in [3.63, 3.8) is 0 Å². The van der Waals surface area contributed by atoms with Gasteiger partial charge in [-0.05, 0) is 46.2 Å². The molecule has 1 aliphatic heterocycles. The average Bonchev–Trinajstić information content (AvgIpc) is 3.62. The Bertz CT molecular complexity index is 1390. The second kappa shape index (κ2) is 10.1. The number of hydrogen-bond acceptors (Lipinski definition) is 6. The van der Waals surface area contributed by atoms with Gasteiger partial charge in [0.15, 0.2) is 17.3 Å². The highest BCUT2D eigenvalue weighted by atomic mass is 32.1. The molecule has 2 aromatic heterocycles. The van der Waals surface area contributed by atoms with Gasteiger partial charge in [0, 0.05) is 11.3 Å². The fourth-order valence-electron chi connectivity index (χ4n) is 4.15. The number of nitrogens with one attached hydrogen (secondary N) is 1. The number of esters is 1. The van der Waals surface area contributed by atoms with Gasteiger partial charge in [0.05, 0.1) is 12.0 Å². The van der Waals surface area contributed by atoms with Crippen LogP contribution in [0.25, 0.3) is 17.2 Å². The van der Waals surface area contributed by atoms with E-state index in [1.165, 1.54) is 4.88 Å².